The first-order chi connectivity index (χ1) is 5.47. The Morgan fingerprint density at radius 3 is 2.58 bits per heavy atom. The van der Waals surface area contributed by atoms with Gasteiger partial charge in [-0.3, -0.25) is 0 Å². The van der Waals surface area contributed by atoms with Gasteiger partial charge in [-0.25, -0.2) is 0 Å². The predicted octanol–water partition coefficient (Wildman–Crippen LogP) is 3.64. The predicted molar refractivity (Wildman–Crippen MR) is 56.1 cm³/mol. The lowest BCUT2D eigenvalue weighted by atomic mass is 9.94. The number of halogens is 2. The van der Waals surface area contributed by atoms with Crippen LogP contribution in [0.25, 0.3) is 0 Å². The number of carbonyl (C=O) groups excluding carboxylic acids is 1. The third-order valence-corrected chi connectivity index (χ3v) is 4.39. The zero-order chi connectivity index (χ0) is 9.35. The first kappa shape index (κ1) is 10.2. The molecule has 1 aromatic heterocycles. The van der Waals surface area contributed by atoms with Crippen LogP contribution in [0.1, 0.15) is 18.7 Å². The second-order valence-corrected chi connectivity index (χ2v) is 5.58. The highest BCUT2D eigenvalue weighted by atomic mass is 79.9. The molecule has 0 bridgehead atoms. The number of hydrogen-bond donors (Lipinski definition) is 0. The van der Waals surface area contributed by atoms with Crippen LogP contribution in [0.3, 0.4) is 0 Å². The largest absolute Gasteiger partial charge is 0.302 e. The van der Waals surface area contributed by atoms with Crippen LogP contribution in [0, 0.1) is 0 Å². The van der Waals surface area contributed by atoms with Gasteiger partial charge in [0, 0.05) is 9.35 Å². The fraction of sp³-hybridized carbons (Fsp3) is 0.375. The number of hydrogen-bond acceptors (Lipinski definition) is 2. The van der Waals surface area contributed by atoms with Crippen molar-refractivity contribution in [3.63, 3.8) is 0 Å². The third kappa shape index (κ3) is 1.90. The summed E-state index contributed by atoms with van der Waals surface area (Å²) in [5, 5.41) is 0. The van der Waals surface area contributed by atoms with E-state index in [2.05, 4.69) is 15.9 Å². The quantitative estimate of drug-likeness (QED) is 0.748. The SMILES string of the molecule is CC(C)(C=O)c1cc(Br)c(Cl)s1. The molecule has 0 unspecified atom stereocenters. The van der Waals surface area contributed by atoms with Crippen LogP contribution in [0.4, 0.5) is 0 Å². The fourth-order valence-corrected chi connectivity index (χ4v) is 2.49. The van der Waals surface area contributed by atoms with Crippen molar-refractivity contribution in [1.29, 1.82) is 0 Å². The molecule has 0 saturated heterocycles. The maximum atomic E-state index is 10.7. The van der Waals surface area contributed by atoms with E-state index in [0.29, 0.717) is 4.34 Å². The second kappa shape index (κ2) is 3.48. The molecular weight excluding hydrogens is 260 g/mol. The maximum absolute atomic E-state index is 10.7. The third-order valence-electron chi connectivity index (χ3n) is 1.57. The van der Waals surface area contributed by atoms with Crippen molar-refractivity contribution < 1.29 is 4.79 Å². The summed E-state index contributed by atoms with van der Waals surface area (Å²) < 4.78 is 1.55. The Labute approximate surface area is 88.9 Å². The molecule has 0 aromatic carbocycles. The molecule has 1 aromatic rings. The first-order valence-corrected chi connectivity index (χ1v) is 5.38. The summed E-state index contributed by atoms with van der Waals surface area (Å²) >= 11 is 10.6. The van der Waals surface area contributed by atoms with E-state index in [-0.39, 0.29) is 0 Å². The van der Waals surface area contributed by atoms with Gasteiger partial charge in [0.1, 0.15) is 10.6 Å². The summed E-state index contributed by atoms with van der Waals surface area (Å²) in [7, 11) is 0. The molecule has 0 amide bonds. The molecule has 0 N–H and O–H groups in total. The highest BCUT2D eigenvalue weighted by Gasteiger charge is 2.22. The molecule has 1 heterocycles. The first-order valence-electron chi connectivity index (χ1n) is 3.39. The Hall–Kier alpha value is 0.140. The van der Waals surface area contributed by atoms with Crippen LogP contribution in [-0.4, -0.2) is 6.29 Å². The Morgan fingerprint density at radius 2 is 2.25 bits per heavy atom. The summed E-state index contributed by atoms with van der Waals surface area (Å²) in [6, 6.07) is 1.89. The molecule has 0 aliphatic rings. The van der Waals surface area contributed by atoms with Crippen LogP contribution < -0.4 is 0 Å². The van der Waals surface area contributed by atoms with Gasteiger partial charge in [0.2, 0.25) is 0 Å². The minimum atomic E-state index is -0.430. The highest BCUT2D eigenvalue weighted by molar-refractivity contribution is 9.10. The van der Waals surface area contributed by atoms with Gasteiger partial charge in [0.25, 0.3) is 0 Å². The topological polar surface area (TPSA) is 17.1 Å². The molecule has 0 radical (unpaired) electrons. The van der Waals surface area contributed by atoms with Crippen molar-refractivity contribution in [2.45, 2.75) is 19.3 Å². The minimum absolute atomic E-state index is 0.430. The van der Waals surface area contributed by atoms with Crippen molar-refractivity contribution in [1.82, 2.24) is 0 Å². The van der Waals surface area contributed by atoms with E-state index in [1.165, 1.54) is 11.3 Å². The second-order valence-electron chi connectivity index (χ2n) is 3.07. The van der Waals surface area contributed by atoms with Crippen LogP contribution in [0.15, 0.2) is 10.5 Å². The lowest BCUT2D eigenvalue weighted by Crippen LogP contribution is -2.16. The fourth-order valence-electron chi connectivity index (χ4n) is 0.722. The molecule has 0 spiro atoms. The van der Waals surface area contributed by atoms with E-state index >= 15 is 0 Å². The lowest BCUT2D eigenvalue weighted by molar-refractivity contribution is -0.111. The Kier molecular flexibility index (Phi) is 2.97. The highest BCUT2D eigenvalue weighted by Crippen LogP contribution is 2.37. The summed E-state index contributed by atoms with van der Waals surface area (Å²) in [6.07, 6.45) is 0.932. The average Bonchev–Trinajstić information content (AvgIpc) is 2.33. The molecule has 0 fully saturated rings. The van der Waals surface area contributed by atoms with E-state index in [1.54, 1.807) is 0 Å². The molecular formula is C8H8BrClOS. The van der Waals surface area contributed by atoms with Gasteiger partial charge >= 0.3 is 0 Å². The van der Waals surface area contributed by atoms with E-state index in [9.17, 15) is 4.79 Å². The normalized spacial score (nSPS) is 11.7. The molecule has 1 rings (SSSR count). The van der Waals surface area contributed by atoms with Gasteiger partial charge in [0.15, 0.2) is 0 Å². The maximum Gasteiger partial charge on any atom is 0.130 e. The van der Waals surface area contributed by atoms with Crippen LogP contribution in [0.2, 0.25) is 4.34 Å². The van der Waals surface area contributed by atoms with Crippen LogP contribution >= 0.6 is 38.9 Å². The van der Waals surface area contributed by atoms with E-state index in [0.717, 1.165) is 15.6 Å². The van der Waals surface area contributed by atoms with Crippen LogP contribution in [0.5, 0.6) is 0 Å². The molecule has 0 saturated carbocycles. The lowest BCUT2D eigenvalue weighted by Gasteiger charge is -2.13. The van der Waals surface area contributed by atoms with Gasteiger partial charge in [0.05, 0.1) is 5.41 Å². The van der Waals surface area contributed by atoms with Gasteiger partial charge in [-0.2, -0.15) is 0 Å². The molecule has 0 aliphatic carbocycles. The van der Waals surface area contributed by atoms with Gasteiger partial charge in [-0.05, 0) is 35.8 Å². The standard InChI is InChI=1S/C8H8BrClOS/c1-8(2,4-11)6-3-5(9)7(10)12-6/h3-4H,1-2H3. The summed E-state index contributed by atoms with van der Waals surface area (Å²) in [4.78, 5) is 11.7. The van der Waals surface area contributed by atoms with E-state index in [4.69, 9.17) is 11.6 Å². The monoisotopic (exact) mass is 266 g/mol. The number of thiophene rings is 1. The molecule has 1 nitrogen and oxygen atoms in total. The van der Waals surface area contributed by atoms with Gasteiger partial charge < -0.3 is 4.79 Å². The molecule has 0 aliphatic heterocycles. The molecule has 0 atom stereocenters. The van der Waals surface area contributed by atoms with Gasteiger partial charge in [-0.1, -0.05) is 11.6 Å². The van der Waals surface area contributed by atoms with Crippen molar-refractivity contribution in [2.24, 2.45) is 0 Å². The molecule has 12 heavy (non-hydrogen) atoms. The number of rotatable bonds is 2. The average molecular weight is 268 g/mol. The zero-order valence-electron chi connectivity index (χ0n) is 6.73. The zero-order valence-corrected chi connectivity index (χ0v) is 9.89. The smallest absolute Gasteiger partial charge is 0.130 e. The summed E-state index contributed by atoms with van der Waals surface area (Å²) in [6.45, 7) is 3.74. The Bertz CT molecular complexity index is 287. The van der Waals surface area contributed by atoms with Crippen LogP contribution in [-0.2, 0) is 10.2 Å². The minimum Gasteiger partial charge on any atom is -0.302 e. The Morgan fingerprint density at radius 1 is 1.67 bits per heavy atom. The van der Waals surface area contributed by atoms with Crippen molar-refractivity contribution in [3.05, 3.63) is 19.8 Å². The number of aldehydes is 1. The Balaban J connectivity index is 3.12. The molecule has 4 heteroatoms. The molecule has 66 valence electrons. The number of carbonyl (C=O) groups is 1. The van der Waals surface area contributed by atoms with Crippen molar-refractivity contribution in [3.8, 4) is 0 Å². The van der Waals surface area contributed by atoms with Gasteiger partial charge in [-0.15, -0.1) is 11.3 Å². The summed E-state index contributed by atoms with van der Waals surface area (Å²) in [5.41, 5.74) is -0.430. The van der Waals surface area contributed by atoms with Crippen molar-refractivity contribution in [2.75, 3.05) is 0 Å². The van der Waals surface area contributed by atoms with Crippen molar-refractivity contribution >= 4 is 45.2 Å². The van der Waals surface area contributed by atoms with E-state index < -0.39 is 5.41 Å². The van der Waals surface area contributed by atoms with E-state index in [1.807, 2.05) is 19.9 Å². The summed E-state index contributed by atoms with van der Waals surface area (Å²) in [5.74, 6) is 0.